The number of nitrogens with zero attached hydrogens (tertiary/aromatic N) is 3. The Labute approximate surface area is 212 Å². The molecule has 2 heterocycles. The number of benzene rings is 3. The van der Waals surface area contributed by atoms with E-state index in [2.05, 4.69) is 16.3 Å². The van der Waals surface area contributed by atoms with Crippen LogP contribution in [-0.2, 0) is 11.2 Å². The number of amides is 3. The van der Waals surface area contributed by atoms with E-state index in [1.807, 2.05) is 60.7 Å². The normalized spacial score (nSPS) is 17.0. The Morgan fingerprint density at radius 2 is 1.81 bits per heavy atom. The SMILES string of the molecule is N#Cc1ccc2c(c1)C(=O)N(CCOc1ccc(CC3SC(=O)NC3=O)cc1)CN2c1ccccc1. The van der Waals surface area contributed by atoms with E-state index in [9.17, 15) is 19.6 Å². The van der Waals surface area contributed by atoms with Crippen LogP contribution in [0.5, 0.6) is 5.75 Å². The molecule has 1 N–H and O–H groups in total. The third kappa shape index (κ3) is 4.90. The Hall–Kier alpha value is -4.29. The summed E-state index contributed by atoms with van der Waals surface area (Å²) in [5, 5.41) is 10.9. The number of fused-ring (bicyclic) bond motifs is 1. The van der Waals surface area contributed by atoms with Crippen molar-refractivity contribution in [3.8, 4) is 11.8 Å². The minimum Gasteiger partial charge on any atom is -0.492 e. The van der Waals surface area contributed by atoms with Gasteiger partial charge in [-0.05, 0) is 54.4 Å². The van der Waals surface area contributed by atoms with Crippen LogP contribution in [0.15, 0.2) is 72.8 Å². The molecule has 36 heavy (non-hydrogen) atoms. The monoisotopic (exact) mass is 498 g/mol. The zero-order valence-corrected chi connectivity index (χ0v) is 20.0. The van der Waals surface area contributed by atoms with E-state index in [1.54, 1.807) is 17.0 Å². The number of thioether (sulfide) groups is 1. The van der Waals surface area contributed by atoms with E-state index < -0.39 is 5.25 Å². The Morgan fingerprint density at radius 1 is 1.03 bits per heavy atom. The summed E-state index contributed by atoms with van der Waals surface area (Å²) >= 11 is 1.01. The number of carbonyl (C=O) groups is 3. The lowest BCUT2D eigenvalue weighted by Crippen LogP contribution is -2.46. The van der Waals surface area contributed by atoms with E-state index >= 15 is 0 Å². The lowest BCUT2D eigenvalue weighted by Gasteiger charge is -2.38. The first-order valence-corrected chi connectivity index (χ1v) is 12.3. The highest BCUT2D eigenvalue weighted by Crippen LogP contribution is 2.34. The van der Waals surface area contributed by atoms with Crippen LogP contribution < -0.4 is 15.0 Å². The highest BCUT2D eigenvalue weighted by molar-refractivity contribution is 8.15. The lowest BCUT2D eigenvalue weighted by molar-refractivity contribution is -0.118. The van der Waals surface area contributed by atoms with Crippen molar-refractivity contribution in [1.82, 2.24) is 10.2 Å². The van der Waals surface area contributed by atoms with Gasteiger partial charge >= 0.3 is 0 Å². The molecule has 1 atom stereocenters. The molecule has 0 aliphatic carbocycles. The summed E-state index contributed by atoms with van der Waals surface area (Å²) in [4.78, 5) is 40.1. The van der Waals surface area contributed by atoms with Crippen LogP contribution in [0.1, 0.15) is 21.5 Å². The molecule has 3 aromatic carbocycles. The predicted octanol–water partition coefficient (Wildman–Crippen LogP) is 4.08. The fourth-order valence-electron chi connectivity index (χ4n) is 4.23. The average molecular weight is 499 g/mol. The number of imide groups is 1. The molecule has 1 unspecified atom stereocenters. The number of anilines is 2. The van der Waals surface area contributed by atoms with Crippen LogP contribution in [0.2, 0.25) is 0 Å². The van der Waals surface area contributed by atoms with Crippen LogP contribution in [0.3, 0.4) is 0 Å². The van der Waals surface area contributed by atoms with E-state index in [1.165, 1.54) is 0 Å². The van der Waals surface area contributed by atoms with Gasteiger partial charge in [0.2, 0.25) is 5.91 Å². The summed E-state index contributed by atoms with van der Waals surface area (Å²) in [6.07, 6.45) is 0.463. The molecule has 0 aromatic heterocycles. The zero-order chi connectivity index (χ0) is 25.1. The number of ether oxygens (including phenoxy) is 1. The summed E-state index contributed by atoms with van der Waals surface area (Å²) in [5.74, 6) is 0.245. The van der Waals surface area contributed by atoms with E-state index in [0.717, 1.165) is 28.7 Å². The summed E-state index contributed by atoms with van der Waals surface area (Å²) in [7, 11) is 0. The highest BCUT2D eigenvalue weighted by Gasteiger charge is 2.32. The van der Waals surface area contributed by atoms with Gasteiger partial charge in [-0.2, -0.15) is 5.26 Å². The number of nitrogens with one attached hydrogen (secondary N) is 1. The van der Waals surface area contributed by atoms with Gasteiger partial charge in [-0.25, -0.2) is 0 Å². The van der Waals surface area contributed by atoms with Crippen LogP contribution in [0.4, 0.5) is 16.2 Å². The molecular weight excluding hydrogens is 476 g/mol. The molecule has 2 aliphatic heterocycles. The molecule has 8 nitrogen and oxygen atoms in total. The number of hydrogen-bond donors (Lipinski definition) is 1. The third-order valence-electron chi connectivity index (χ3n) is 6.06. The van der Waals surface area contributed by atoms with Crippen molar-refractivity contribution in [3.05, 3.63) is 89.5 Å². The maximum absolute atomic E-state index is 13.2. The Balaban J connectivity index is 1.24. The van der Waals surface area contributed by atoms with Crippen molar-refractivity contribution in [2.75, 3.05) is 24.7 Å². The molecule has 9 heteroatoms. The second-order valence-electron chi connectivity index (χ2n) is 8.40. The zero-order valence-electron chi connectivity index (χ0n) is 19.2. The average Bonchev–Trinajstić information content (AvgIpc) is 3.22. The number of carbonyl (C=O) groups excluding carboxylic acids is 3. The molecule has 0 spiro atoms. The number of nitriles is 1. The topological polar surface area (TPSA) is 103 Å². The molecule has 0 bridgehead atoms. The molecular formula is C27H22N4O4S. The predicted molar refractivity (Wildman–Crippen MR) is 136 cm³/mol. The molecule has 0 radical (unpaired) electrons. The van der Waals surface area contributed by atoms with Crippen LogP contribution in [-0.4, -0.2) is 47.0 Å². The molecule has 5 rings (SSSR count). The largest absolute Gasteiger partial charge is 0.492 e. The van der Waals surface area contributed by atoms with Crippen molar-refractivity contribution in [3.63, 3.8) is 0 Å². The Kier molecular flexibility index (Phi) is 6.60. The van der Waals surface area contributed by atoms with Gasteiger partial charge in [0.1, 0.15) is 12.4 Å². The smallest absolute Gasteiger partial charge is 0.286 e. The van der Waals surface area contributed by atoms with Crippen LogP contribution in [0.25, 0.3) is 0 Å². The van der Waals surface area contributed by atoms with Crippen molar-refractivity contribution >= 4 is 40.2 Å². The summed E-state index contributed by atoms with van der Waals surface area (Å²) < 4.78 is 5.89. The first-order chi connectivity index (χ1) is 17.5. The second-order valence-corrected chi connectivity index (χ2v) is 9.57. The molecule has 3 aromatic rings. The summed E-state index contributed by atoms with van der Waals surface area (Å²) in [6.45, 7) is 1.02. The highest BCUT2D eigenvalue weighted by atomic mass is 32.2. The minimum absolute atomic E-state index is 0.143. The number of rotatable bonds is 7. The number of hydrogen-bond acceptors (Lipinski definition) is 7. The van der Waals surface area contributed by atoms with E-state index in [0.29, 0.717) is 36.5 Å². The molecule has 3 amide bonds. The van der Waals surface area contributed by atoms with Gasteiger partial charge in [-0.15, -0.1) is 0 Å². The van der Waals surface area contributed by atoms with Crippen molar-refractivity contribution in [2.45, 2.75) is 11.7 Å². The quantitative estimate of drug-likeness (QED) is 0.524. The van der Waals surface area contributed by atoms with Gasteiger partial charge in [0.25, 0.3) is 11.1 Å². The van der Waals surface area contributed by atoms with Crippen molar-refractivity contribution in [1.29, 1.82) is 5.26 Å². The first-order valence-electron chi connectivity index (χ1n) is 11.4. The molecule has 180 valence electrons. The molecule has 1 fully saturated rings. The van der Waals surface area contributed by atoms with Crippen LogP contribution >= 0.6 is 11.8 Å². The van der Waals surface area contributed by atoms with E-state index in [-0.39, 0.29) is 23.7 Å². The van der Waals surface area contributed by atoms with Gasteiger partial charge < -0.3 is 14.5 Å². The van der Waals surface area contributed by atoms with Crippen molar-refractivity contribution < 1.29 is 19.1 Å². The van der Waals surface area contributed by atoms with Gasteiger partial charge in [0.15, 0.2) is 0 Å². The van der Waals surface area contributed by atoms with Gasteiger partial charge in [0, 0.05) is 5.69 Å². The van der Waals surface area contributed by atoms with E-state index in [4.69, 9.17) is 4.74 Å². The summed E-state index contributed by atoms with van der Waals surface area (Å²) in [5.41, 5.74) is 3.58. The van der Waals surface area contributed by atoms with Gasteiger partial charge in [-0.1, -0.05) is 42.1 Å². The van der Waals surface area contributed by atoms with Crippen molar-refractivity contribution in [2.24, 2.45) is 0 Å². The minimum atomic E-state index is -0.411. The second kappa shape index (κ2) is 10.1. The van der Waals surface area contributed by atoms with Crippen LogP contribution in [0, 0.1) is 11.3 Å². The third-order valence-corrected chi connectivity index (χ3v) is 7.04. The standard InChI is InChI=1S/C27H22N4O4S/c28-16-19-8-11-23-22(14-19)26(33)30(17-31(23)20-4-2-1-3-5-20)12-13-35-21-9-6-18(7-10-21)15-24-25(32)29-27(34)36-24/h1-11,14,24H,12-13,15,17H2,(H,29,32,34). The fraction of sp³-hybridized carbons (Fsp3) is 0.185. The maximum atomic E-state index is 13.2. The Bertz CT molecular complexity index is 1350. The maximum Gasteiger partial charge on any atom is 0.286 e. The van der Waals surface area contributed by atoms with Gasteiger partial charge in [0.05, 0.1) is 41.3 Å². The Morgan fingerprint density at radius 3 is 2.50 bits per heavy atom. The first kappa shape index (κ1) is 23.5. The van der Waals surface area contributed by atoms with Gasteiger partial charge in [-0.3, -0.25) is 19.7 Å². The molecule has 1 saturated heterocycles. The summed E-state index contributed by atoms with van der Waals surface area (Å²) in [6, 6.07) is 24.5. The molecule has 0 saturated carbocycles. The molecule has 2 aliphatic rings. The number of para-hydroxylation sites is 1. The lowest BCUT2D eigenvalue weighted by atomic mass is 10.0. The fourth-order valence-corrected chi connectivity index (χ4v) is 5.09.